The number of rotatable bonds is 5. The SMILES string of the molecule is O=C(O)/C=C/c1cccc(COc2c(F)cccc2F)c1. The molecule has 1 N–H and O–H groups in total. The van der Waals surface area contributed by atoms with Gasteiger partial charge in [-0.3, -0.25) is 0 Å². The number of ether oxygens (including phenoxy) is 1. The Morgan fingerprint density at radius 3 is 2.48 bits per heavy atom. The Bertz CT molecular complexity index is 661. The number of carboxylic acids is 1. The maximum atomic E-state index is 13.4. The van der Waals surface area contributed by atoms with E-state index in [0.29, 0.717) is 11.1 Å². The Morgan fingerprint density at radius 1 is 1.14 bits per heavy atom. The lowest BCUT2D eigenvalue weighted by molar-refractivity contribution is -0.131. The zero-order valence-electron chi connectivity index (χ0n) is 10.9. The van der Waals surface area contributed by atoms with E-state index in [1.165, 1.54) is 12.1 Å². The fourth-order valence-electron chi connectivity index (χ4n) is 1.73. The summed E-state index contributed by atoms with van der Waals surface area (Å²) in [6.45, 7) is -0.0212. The zero-order chi connectivity index (χ0) is 15.2. The molecule has 0 aromatic heterocycles. The summed E-state index contributed by atoms with van der Waals surface area (Å²) in [5.41, 5.74) is 1.33. The van der Waals surface area contributed by atoms with Crippen molar-refractivity contribution < 1.29 is 23.4 Å². The molecule has 0 aliphatic carbocycles. The summed E-state index contributed by atoms with van der Waals surface area (Å²) in [6, 6.07) is 10.3. The van der Waals surface area contributed by atoms with Gasteiger partial charge in [0.15, 0.2) is 17.4 Å². The standard InChI is InChI=1S/C16H12F2O3/c17-13-5-2-6-14(18)16(13)21-10-12-4-1-3-11(9-12)7-8-15(19)20/h1-9H,10H2,(H,19,20)/b8-7+. The molecular weight excluding hydrogens is 278 g/mol. The smallest absolute Gasteiger partial charge is 0.328 e. The summed E-state index contributed by atoms with van der Waals surface area (Å²) < 4.78 is 31.9. The maximum Gasteiger partial charge on any atom is 0.328 e. The molecule has 3 nitrogen and oxygen atoms in total. The highest BCUT2D eigenvalue weighted by Gasteiger charge is 2.09. The van der Waals surface area contributed by atoms with Crippen LogP contribution in [0.3, 0.4) is 0 Å². The van der Waals surface area contributed by atoms with Crippen LogP contribution in [-0.4, -0.2) is 11.1 Å². The van der Waals surface area contributed by atoms with Gasteiger partial charge >= 0.3 is 5.97 Å². The van der Waals surface area contributed by atoms with Crippen molar-refractivity contribution in [3.63, 3.8) is 0 Å². The number of benzene rings is 2. The van der Waals surface area contributed by atoms with Crippen molar-refractivity contribution >= 4 is 12.0 Å². The van der Waals surface area contributed by atoms with Crippen LogP contribution >= 0.6 is 0 Å². The van der Waals surface area contributed by atoms with Gasteiger partial charge in [0, 0.05) is 6.08 Å². The average Bonchev–Trinajstić information content (AvgIpc) is 2.45. The first-order valence-electron chi connectivity index (χ1n) is 6.13. The van der Waals surface area contributed by atoms with Crippen molar-refractivity contribution in [3.05, 3.63) is 71.3 Å². The van der Waals surface area contributed by atoms with Crippen LogP contribution in [0.5, 0.6) is 5.75 Å². The molecule has 0 aliphatic rings. The van der Waals surface area contributed by atoms with Crippen molar-refractivity contribution in [2.75, 3.05) is 0 Å². The van der Waals surface area contributed by atoms with Gasteiger partial charge in [0.05, 0.1) is 0 Å². The Morgan fingerprint density at radius 2 is 1.81 bits per heavy atom. The maximum absolute atomic E-state index is 13.4. The van der Waals surface area contributed by atoms with Crippen molar-refractivity contribution in [1.29, 1.82) is 0 Å². The van der Waals surface area contributed by atoms with Gasteiger partial charge in [0.1, 0.15) is 6.61 Å². The second kappa shape index (κ2) is 6.65. The number of carboxylic acid groups (broad SMARTS) is 1. The summed E-state index contributed by atoms with van der Waals surface area (Å²) in [4.78, 5) is 10.4. The number of aliphatic carboxylic acids is 1. The Balaban J connectivity index is 2.10. The molecule has 2 aromatic carbocycles. The Kier molecular flexibility index (Phi) is 4.66. The summed E-state index contributed by atoms with van der Waals surface area (Å²) in [6.07, 6.45) is 2.44. The number of carbonyl (C=O) groups is 1. The molecule has 21 heavy (non-hydrogen) atoms. The normalized spacial score (nSPS) is 10.8. The first-order chi connectivity index (χ1) is 10.1. The highest BCUT2D eigenvalue weighted by molar-refractivity contribution is 5.85. The third-order valence-electron chi connectivity index (χ3n) is 2.67. The molecule has 0 amide bonds. The highest BCUT2D eigenvalue weighted by Crippen LogP contribution is 2.22. The number of halogens is 2. The molecular formula is C16H12F2O3. The summed E-state index contributed by atoms with van der Waals surface area (Å²) in [5, 5.41) is 8.56. The zero-order valence-corrected chi connectivity index (χ0v) is 10.9. The van der Waals surface area contributed by atoms with Gasteiger partial charge in [-0.15, -0.1) is 0 Å². The van der Waals surface area contributed by atoms with Gasteiger partial charge in [-0.05, 0) is 35.4 Å². The molecule has 2 rings (SSSR count). The van der Waals surface area contributed by atoms with E-state index < -0.39 is 23.4 Å². The molecule has 0 saturated carbocycles. The molecule has 0 heterocycles. The second-order valence-electron chi connectivity index (χ2n) is 4.26. The number of hydrogen-bond donors (Lipinski definition) is 1. The van der Waals surface area contributed by atoms with Crippen LogP contribution in [0, 0.1) is 11.6 Å². The lowest BCUT2D eigenvalue weighted by Gasteiger charge is -2.08. The highest BCUT2D eigenvalue weighted by atomic mass is 19.1. The van der Waals surface area contributed by atoms with E-state index in [1.54, 1.807) is 24.3 Å². The van der Waals surface area contributed by atoms with Gasteiger partial charge in [-0.1, -0.05) is 24.3 Å². The van der Waals surface area contributed by atoms with Crippen molar-refractivity contribution in [2.24, 2.45) is 0 Å². The van der Waals surface area contributed by atoms with E-state index >= 15 is 0 Å². The van der Waals surface area contributed by atoms with Crippen molar-refractivity contribution in [1.82, 2.24) is 0 Å². The third kappa shape index (κ3) is 4.14. The summed E-state index contributed by atoms with van der Waals surface area (Å²) >= 11 is 0. The molecule has 0 fully saturated rings. The molecule has 0 aliphatic heterocycles. The quantitative estimate of drug-likeness (QED) is 0.855. The third-order valence-corrected chi connectivity index (χ3v) is 2.67. The molecule has 0 radical (unpaired) electrons. The topological polar surface area (TPSA) is 46.5 Å². The fraction of sp³-hybridized carbons (Fsp3) is 0.0625. The molecule has 0 spiro atoms. The molecule has 2 aromatic rings. The predicted octanol–water partition coefficient (Wildman–Crippen LogP) is 3.64. The van der Waals surface area contributed by atoms with Crippen LogP contribution in [-0.2, 0) is 11.4 Å². The van der Waals surface area contributed by atoms with Crippen LogP contribution < -0.4 is 4.74 Å². The molecule has 0 atom stereocenters. The largest absolute Gasteiger partial charge is 0.483 e. The Hall–Kier alpha value is -2.69. The van der Waals surface area contributed by atoms with Crippen molar-refractivity contribution in [3.8, 4) is 5.75 Å². The average molecular weight is 290 g/mol. The summed E-state index contributed by atoms with van der Waals surface area (Å²) in [5.74, 6) is -3.01. The van der Waals surface area contributed by atoms with Crippen LogP contribution in [0.1, 0.15) is 11.1 Å². The minimum atomic E-state index is -1.05. The van der Waals surface area contributed by atoms with Gasteiger partial charge in [0.2, 0.25) is 0 Å². The minimum absolute atomic E-state index is 0.0212. The van der Waals surface area contributed by atoms with Crippen LogP contribution in [0.2, 0.25) is 0 Å². The molecule has 0 saturated heterocycles. The second-order valence-corrected chi connectivity index (χ2v) is 4.26. The number of para-hydroxylation sites is 1. The predicted molar refractivity (Wildman–Crippen MR) is 73.8 cm³/mol. The van der Waals surface area contributed by atoms with Gasteiger partial charge in [0.25, 0.3) is 0 Å². The Labute approximate surface area is 120 Å². The fourth-order valence-corrected chi connectivity index (χ4v) is 1.73. The lowest BCUT2D eigenvalue weighted by Crippen LogP contribution is -2.00. The van der Waals surface area contributed by atoms with Crippen LogP contribution in [0.25, 0.3) is 6.08 Å². The van der Waals surface area contributed by atoms with E-state index in [9.17, 15) is 13.6 Å². The molecule has 108 valence electrons. The van der Waals surface area contributed by atoms with E-state index in [-0.39, 0.29) is 6.61 Å². The minimum Gasteiger partial charge on any atom is -0.483 e. The van der Waals surface area contributed by atoms with E-state index in [4.69, 9.17) is 9.84 Å². The lowest BCUT2D eigenvalue weighted by atomic mass is 10.1. The molecule has 0 bridgehead atoms. The van der Waals surface area contributed by atoms with Crippen LogP contribution in [0.15, 0.2) is 48.5 Å². The first kappa shape index (κ1) is 14.7. The van der Waals surface area contributed by atoms with E-state index in [2.05, 4.69) is 0 Å². The molecule has 5 heteroatoms. The molecule has 0 unspecified atom stereocenters. The summed E-state index contributed by atoms with van der Waals surface area (Å²) in [7, 11) is 0. The van der Waals surface area contributed by atoms with E-state index in [0.717, 1.165) is 18.2 Å². The van der Waals surface area contributed by atoms with E-state index in [1.807, 2.05) is 0 Å². The van der Waals surface area contributed by atoms with Gasteiger partial charge in [-0.2, -0.15) is 0 Å². The van der Waals surface area contributed by atoms with Crippen molar-refractivity contribution in [2.45, 2.75) is 6.61 Å². The van der Waals surface area contributed by atoms with Crippen LogP contribution in [0.4, 0.5) is 8.78 Å². The van der Waals surface area contributed by atoms with Gasteiger partial charge in [-0.25, -0.2) is 13.6 Å². The van der Waals surface area contributed by atoms with Gasteiger partial charge < -0.3 is 9.84 Å². The monoisotopic (exact) mass is 290 g/mol. The first-order valence-corrected chi connectivity index (χ1v) is 6.13. The number of hydrogen-bond acceptors (Lipinski definition) is 2.